The number of nitrogens with one attached hydrogen (secondary N) is 1. The van der Waals surface area contributed by atoms with Gasteiger partial charge in [-0.05, 0) is 23.8 Å². The average Bonchev–Trinajstić information content (AvgIpc) is 2.56. The van der Waals surface area contributed by atoms with Crippen molar-refractivity contribution in [3.8, 4) is 0 Å². The van der Waals surface area contributed by atoms with E-state index in [9.17, 15) is 24.1 Å². The summed E-state index contributed by atoms with van der Waals surface area (Å²) in [7, 11) is 0. The van der Waals surface area contributed by atoms with E-state index in [0.29, 0.717) is 0 Å². The highest BCUT2D eigenvalue weighted by Crippen LogP contribution is 2.27. The smallest absolute Gasteiger partial charge is 0.310 e. The second-order valence-corrected chi connectivity index (χ2v) is 5.33. The Morgan fingerprint density at radius 1 is 1.24 bits per heavy atom. The van der Waals surface area contributed by atoms with E-state index in [-0.39, 0.29) is 22.7 Å². The second-order valence-electron chi connectivity index (χ2n) is 4.90. The number of anilines is 1. The average molecular weight is 367 g/mol. The monoisotopic (exact) mass is 366 g/mol. The Bertz CT molecular complexity index is 828. The Hall–Kier alpha value is -3.00. The van der Waals surface area contributed by atoms with E-state index >= 15 is 0 Å². The summed E-state index contributed by atoms with van der Waals surface area (Å²) in [5, 5.41) is 13.3. The molecule has 9 heteroatoms. The fourth-order valence-corrected chi connectivity index (χ4v) is 2.11. The number of hydrogen-bond donors (Lipinski definition) is 1. The first-order valence-electron chi connectivity index (χ1n) is 6.99. The maximum atomic E-state index is 13.4. The molecule has 0 aromatic heterocycles. The van der Waals surface area contributed by atoms with Gasteiger partial charge in [-0.15, -0.1) is 0 Å². The largest absolute Gasteiger partial charge is 0.455 e. The zero-order chi connectivity index (χ0) is 18.4. The van der Waals surface area contributed by atoms with Gasteiger partial charge in [0.05, 0.1) is 11.3 Å². The standard InChI is InChI=1S/C16H12ClFN2O5/c17-11-5-6-13(14(8-11)20(23)24)19-15(21)9-25-16(22)7-10-3-1-2-4-12(10)18/h1-6,8H,7,9H2,(H,19,21). The fourth-order valence-electron chi connectivity index (χ4n) is 1.94. The molecule has 25 heavy (non-hydrogen) atoms. The lowest BCUT2D eigenvalue weighted by atomic mass is 10.1. The van der Waals surface area contributed by atoms with E-state index in [1.165, 1.54) is 30.3 Å². The third-order valence-electron chi connectivity index (χ3n) is 3.09. The molecule has 0 saturated heterocycles. The van der Waals surface area contributed by atoms with Crippen LogP contribution in [0.1, 0.15) is 5.56 Å². The molecule has 0 saturated carbocycles. The van der Waals surface area contributed by atoms with Crippen LogP contribution in [-0.4, -0.2) is 23.4 Å². The minimum Gasteiger partial charge on any atom is -0.455 e. The molecule has 130 valence electrons. The van der Waals surface area contributed by atoms with Gasteiger partial charge in [0.2, 0.25) is 0 Å². The number of rotatable bonds is 6. The van der Waals surface area contributed by atoms with Crippen LogP contribution in [0.5, 0.6) is 0 Å². The molecule has 0 fully saturated rings. The molecule has 7 nitrogen and oxygen atoms in total. The molecule has 0 bridgehead atoms. The van der Waals surface area contributed by atoms with Gasteiger partial charge in [0, 0.05) is 11.1 Å². The Kier molecular flexibility index (Phi) is 6.02. The van der Waals surface area contributed by atoms with Gasteiger partial charge >= 0.3 is 5.97 Å². The molecule has 0 radical (unpaired) electrons. The number of esters is 1. The summed E-state index contributed by atoms with van der Waals surface area (Å²) in [5.41, 5.74) is -0.329. The van der Waals surface area contributed by atoms with E-state index in [1.807, 2.05) is 0 Å². The van der Waals surface area contributed by atoms with Gasteiger partial charge < -0.3 is 10.1 Å². The summed E-state index contributed by atoms with van der Waals surface area (Å²) in [6.07, 6.45) is -0.332. The maximum Gasteiger partial charge on any atom is 0.310 e. The SMILES string of the molecule is O=C(COC(=O)Cc1ccccc1F)Nc1ccc(Cl)cc1[N+](=O)[O-]. The zero-order valence-electron chi connectivity index (χ0n) is 12.7. The number of carbonyl (C=O) groups excluding carboxylic acids is 2. The van der Waals surface area contributed by atoms with E-state index in [2.05, 4.69) is 5.32 Å². The molecule has 0 aliphatic carbocycles. The Morgan fingerprint density at radius 2 is 1.96 bits per heavy atom. The van der Waals surface area contributed by atoms with Crippen molar-refractivity contribution in [2.75, 3.05) is 11.9 Å². The van der Waals surface area contributed by atoms with Gasteiger partial charge in [0.25, 0.3) is 11.6 Å². The number of carbonyl (C=O) groups is 2. The number of nitro groups is 1. The molecule has 0 aliphatic rings. The van der Waals surface area contributed by atoms with Crippen LogP contribution < -0.4 is 5.32 Å². The van der Waals surface area contributed by atoms with Crippen LogP contribution in [0.15, 0.2) is 42.5 Å². The summed E-state index contributed by atoms with van der Waals surface area (Å²) >= 11 is 5.67. The number of halogens is 2. The van der Waals surface area contributed by atoms with E-state index in [4.69, 9.17) is 16.3 Å². The first-order valence-corrected chi connectivity index (χ1v) is 7.37. The van der Waals surface area contributed by atoms with Crippen LogP contribution in [0.2, 0.25) is 5.02 Å². The summed E-state index contributed by atoms with van der Waals surface area (Å²) in [5.74, 6) is -2.13. The van der Waals surface area contributed by atoms with Gasteiger partial charge in [-0.2, -0.15) is 0 Å². The van der Waals surface area contributed by atoms with Gasteiger partial charge in [-0.1, -0.05) is 29.8 Å². The number of benzene rings is 2. The molecule has 1 N–H and O–H groups in total. The van der Waals surface area contributed by atoms with Gasteiger partial charge in [-0.3, -0.25) is 19.7 Å². The minimum absolute atomic E-state index is 0.0791. The molecule has 2 rings (SSSR count). The number of nitrogens with zero attached hydrogens (tertiary/aromatic N) is 1. The van der Waals surface area contributed by atoms with Crippen molar-refractivity contribution < 1.29 is 23.6 Å². The Balaban J connectivity index is 1.92. The molecule has 0 heterocycles. The number of nitro benzene ring substituents is 1. The normalized spacial score (nSPS) is 10.2. The predicted octanol–water partition coefficient (Wildman–Crippen LogP) is 3.11. The lowest BCUT2D eigenvalue weighted by Crippen LogP contribution is -2.22. The van der Waals surface area contributed by atoms with Crippen molar-refractivity contribution >= 4 is 34.9 Å². The lowest BCUT2D eigenvalue weighted by molar-refractivity contribution is -0.383. The van der Waals surface area contributed by atoms with Crippen molar-refractivity contribution in [1.82, 2.24) is 0 Å². The maximum absolute atomic E-state index is 13.4. The molecule has 0 unspecified atom stereocenters. The lowest BCUT2D eigenvalue weighted by Gasteiger charge is -2.08. The predicted molar refractivity (Wildman–Crippen MR) is 87.8 cm³/mol. The highest BCUT2D eigenvalue weighted by molar-refractivity contribution is 6.31. The fraction of sp³-hybridized carbons (Fsp3) is 0.125. The third kappa shape index (κ3) is 5.25. The molecule has 0 aliphatic heterocycles. The summed E-state index contributed by atoms with van der Waals surface area (Å²) in [6, 6.07) is 9.40. The van der Waals surface area contributed by atoms with Crippen LogP contribution in [0.3, 0.4) is 0 Å². The van der Waals surface area contributed by atoms with Crippen molar-refractivity contribution in [3.05, 3.63) is 69.0 Å². The molecular formula is C16H12ClFN2O5. The Labute approximate surface area is 146 Å². The van der Waals surface area contributed by atoms with Gasteiger partial charge in [0.1, 0.15) is 11.5 Å². The van der Waals surface area contributed by atoms with Crippen LogP contribution in [0.4, 0.5) is 15.8 Å². The van der Waals surface area contributed by atoms with Crippen molar-refractivity contribution in [2.45, 2.75) is 6.42 Å². The van der Waals surface area contributed by atoms with Crippen molar-refractivity contribution in [3.63, 3.8) is 0 Å². The quantitative estimate of drug-likeness (QED) is 0.481. The summed E-state index contributed by atoms with van der Waals surface area (Å²) < 4.78 is 18.2. The minimum atomic E-state index is -0.800. The first-order chi connectivity index (χ1) is 11.9. The first kappa shape index (κ1) is 18.3. The molecule has 2 aromatic carbocycles. The highest BCUT2D eigenvalue weighted by atomic mass is 35.5. The summed E-state index contributed by atoms with van der Waals surface area (Å²) in [4.78, 5) is 33.7. The van der Waals surface area contributed by atoms with Crippen LogP contribution >= 0.6 is 11.6 Å². The molecule has 0 atom stereocenters. The topological polar surface area (TPSA) is 98.5 Å². The summed E-state index contributed by atoms with van der Waals surface area (Å²) in [6.45, 7) is -0.660. The van der Waals surface area contributed by atoms with Crippen molar-refractivity contribution in [2.24, 2.45) is 0 Å². The number of ether oxygens (including phenoxy) is 1. The highest BCUT2D eigenvalue weighted by Gasteiger charge is 2.17. The third-order valence-corrected chi connectivity index (χ3v) is 3.32. The molecule has 2 aromatic rings. The van der Waals surface area contributed by atoms with Gasteiger partial charge in [0.15, 0.2) is 6.61 Å². The van der Waals surface area contributed by atoms with E-state index in [1.54, 1.807) is 6.07 Å². The molecular weight excluding hydrogens is 355 g/mol. The Morgan fingerprint density at radius 3 is 2.64 bits per heavy atom. The van der Waals surface area contributed by atoms with E-state index < -0.39 is 34.9 Å². The number of hydrogen-bond acceptors (Lipinski definition) is 5. The van der Waals surface area contributed by atoms with Crippen LogP contribution in [0, 0.1) is 15.9 Å². The van der Waals surface area contributed by atoms with Gasteiger partial charge in [-0.25, -0.2) is 4.39 Å². The molecule has 1 amide bonds. The second kappa shape index (κ2) is 8.20. The zero-order valence-corrected chi connectivity index (χ0v) is 13.5. The molecule has 0 spiro atoms. The number of amides is 1. The van der Waals surface area contributed by atoms with Crippen LogP contribution in [0.25, 0.3) is 0 Å². The van der Waals surface area contributed by atoms with Crippen LogP contribution in [-0.2, 0) is 20.7 Å². The van der Waals surface area contributed by atoms with E-state index in [0.717, 1.165) is 6.07 Å². The van der Waals surface area contributed by atoms with Crippen molar-refractivity contribution in [1.29, 1.82) is 0 Å².